The van der Waals surface area contributed by atoms with Crippen LogP contribution in [-0.2, 0) is 16.1 Å². The van der Waals surface area contributed by atoms with Gasteiger partial charge in [0.15, 0.2) is 4.96 Å². The van der Waals surface area contributed by atoms with Crippen molar-refractivity contribution in [2.75, 3.05) is 5.75 Å². The third-order valence-corrected chi connectivity index (χ3v) is 4.00. The highest BCUT2D eigenvalue weighted by Gasteiger charge is 2.18. The molecule has 0 atom stereocenters. The first kappa shape index (κ1) is 14.4. The van der Waals surface area contributed by atoms with Gasteiger partial charge in [-0.2, -0.15) is 0 Å². The molecule has 2 heterocycles. The number of esters is 1. The molecular formula is C12H17N3O2S2. The van der Waals surface area contributed by atoms with Crippen LogP contribution < -0.4 is 5.73 Å². The molecule has 0 spiro atoms. The van der Waals surface area contributed by atoms with Gasteiger partial charge in [-0.1, -0.05) is 11.8 Å². The Morgan fingerprint density at radius 3 is 2.95 bits per heavy atom. The van der Waals surface area contributed by atoms with Crippen molar-refractivity contribution in [1.82, 2.24) is 9.38 Å². The minimum absolute atomic E-state index is 0.239. The first-order chi connectivity index (χ1) is 8.90. The SMILES string of the molecule is CC(C)(C)OC(=O)CSc1nc2sccn2c1CN. The summed E-state index contributed by atoms with van der Waals surface area (Å²) in [4.78, 5) is 17.0. The van der Waals surface area contributed by atoms with Crippen molar-refractivity contribution < 1.29 is 9.53 Å². The molecule has 19 heavy (non-hydrogen) atoms. The zero-order valence-electron chi connectivity index (χ0n) is 11.2. The summed E-state index contributed by atoms with van der Waals surface area (Å²) in [6.07, 6.45) is 1.94. The van der Waals surface area contributed by atoms with Crippen molar-refractivity contribution in [3.63, 3.8) is 0 Å². The largest absolute Gasteiger partial charge is 0.459 e. The van der Waals surface area contributed by atoms with Gasteiger partial charge in [-0.05, 0) is 20.8 Å². The van der Waals surface area contributed by atoms with Crippen LogP contribution in [0.1, 0.15) is 26.5 Å². The predicted molar refractivity (Wildman–Crippen MR) is 77.5 cm³/mol. The lowest BCUT2D eigenvalue weighted by Crippen LogP contribution is -2.24. The van der Waals surface area contributed by atoms with Gasteiger partial charge >= 0.3 is 5.97 Å². The second-order valence-corrected chi connectivity index (χ2v) is 6.84. The normalized spacial score (nSPS) is 12.0. The number of nitrogens with zero attached hydrogens (tertiary/aromatic N) is 2. The highest BCUT2D eigenvalue weighted by Crippen LogP contribution is 2.26. The van der Waals surface area contributed by atoms with Crippen LogP contribution in [0.4, 0.5) is 0 Å². The third-order valence-electron chi connectivity index (χ3n) is 2.26. The van der Waals surface area contributed by atoms with Crippen LogP contribution >= 0.6 is 23.1 Å². The van der Waals surface area contributed by atoms with Crippen LogP contribution in [0.3, 0.4) is 0 Å². The Hall–Kier alpha value is -1.05. The molecule has 5 nitrogen and oxygen atoms in total. The standard InChI is InChI=1S/C12H17N3O2S2/c1-12(2,3)17-9(16)7-19-10-8(6-13)15-4-5-18-11(15)14-10/h4-5H,6-7,13H2,1-3H3. The van der Waals surface area contributed by atoms with Crippen LogP contribution in [0.2, 0.25) is 0 Å². The number of rotatable bonds is 4. The summed E-state index contributed by atoms with van der Waals surface area (Å²) < 4.78 is 7.23. The Kier molecular flexibility index (Phi) is 4.17. The average Bonchev–Trinajstić information content (AvgIpc) is 2.82. The Morgan fingerprint density at radius 1 is 1.58 bits per heavy atom. The first-order valence-electron chi connectivity index (χ1n) is 5.90. The van der Waals surface area contributed by atoms with E-state index in [2.05, 4.69) is 4.98 Å². The van der Waals surface area contributed by atoms with Gasteiger partial charge in [0, 0.05) is 18.1 Å². The summed E-state index contributed by atoms with van der Waals surface area (Å²) in [5.41, 5.74) is 6.22. The number of carbonyl (C=O) groups excluding carboxylic acids is 1. The van der Waals surface area contributed by atoms with E-state index in [4.69, 9.17) is 10.5 Å². The van der Waals surface area contributed by atoms with E-state index in [-0.39, 0.29) is 11.7 Å². The quantitative estimate of drug-likeness (QED) is 0.693. The fourth-order valence-corrected chi connectivity index (χ4v) is 3.22. The molecular weight excluding hydrogens is 282 g/mol. The second-order valence-electron chi connectivity index (χ2n) is 5.00. The monoisotopic (exact) mass is 299 g/mol. The molecule has 0 aliphatic rings. The maximum Gasteiger partial charge on any atom is 0.316 e. The van der Waals surface area contributed by atoms with Gasteiger partial charge in [0.1, 0.15) is 10.6 Å². The Balaban J connectivity index is 2.05. The molecule has 7 heteroatoms. The van der Waals surface area contributed by atoms with Crippen molar-refractivity contribution in [3.8, 4) is 0 Å². The number of nitrogens with two attached hydrogens (primary N) is 1. The summed E-state index contributed by atoms with van der Waals surface area (Å²) in [6, 6.07) is 0. The molecule has 0 unspecified atom stereocenters. The van der Waals surface area contributed by atoms with Crippen molar-refractivity contribution in [2.45, 2.75) is 37.9 Å². The number of hydrogen-bond acceptors (Lipinski definition) is 6. The number of thioether (sulfide) groups is 1. The summed E-state index contributed by atoms with van der Waals surface area (Å²) in [6.45, 7) is 5.96. The first-order valence-corrected chi connectivity index (χ1v) is 7.76. The van der Waals surface area contributed by atoms with Crippen LogP contribution in [0.15, 0.2) is 16.6 Å². The lowest BCUT2D eigenvalue weighted by molar-refractivity contribution is -0.151. The minimum atomic E-state index is -0.455. The van der Waals surface area contributed by atoms with Gasteiger partial charge in [0.2, 0.25) is 0 Å². The zero-order chi connectivity index (χ0) is 14.0. The molecule has 2 aromatic heterocycles. The highest BCUT2D eigenvalue weighted by atomic mass is 32.2. The minimum Gasteiger partial charge on any atom is -0.459 e. The molecule has 0 saturated heterocycles. The Morgan fingerprint density at radius 2 is 2.32 bits per heavy atom. The lowest BCUT2D eigenvalue weighted by Gasteiger charge is -2.19. The van der Waals surface area contributed by atoms with E-state index in [1.54, 1.807) is 11.3 Å². The number of aromatic nitrogens is 2. The van der Waals surface area contributed by atoms with Crippen molar-refractivity contribution in [2.24, 2.45) is 5.73 Å². The lowest BCUT2D eigenvalue weighted by atomic mass is 10.2. The number of imidazole rings is 1. The van der Waals surface area contributed by atoms with Crippen molar-refractivity contribution in [3.05, 3.63) is 17.3 Å². The number of hydrogen-bond donors (Lipinski definition) is 1. The van der Waals surface area contributed by atoms with Gasteiger partial charge in [-0.15, -0.1) is 11.3 Å². The van der Waals surface area contributed by atoms with Gasteiger partial charge < -0.3 is 10.5 Å². The molecule has 0 aliphatic heterocycles. The van der Waals surface area contributed by atoms with E-state index in [9.17, 15) is 4.79 Å². The maximum absolute atomic E-state index is 11.7. The topological polar surface area (TPSA) is 69.6 Å². The van der Waals surface area contributed by atoms with E-state index in [1.807, 2.05) is 36.7 Å². The summed E-state index contributed by atoms with van der Waals surface area (Å²) >= 11 is 2.92. The van der Waals surface area contributed by atoms with E-state index in [0.29, 0.717) is 6.54 Å². The van der Waals surface area contributed by atoms with Crippen molar-refractivity contribution in [1.29, 1.82) is 0 Å². The van der Waals surface area contributed by atoms with Crippen LogP contribution in [0.25, 0.3) is 4.96 Å². The maximum atomic E-state index is 11.7. The van der Waals surface area contributed by atoms with Gasteiger partial charge in [-0.25, -0.2) is 4.98 Å². The molecule has 0 aromatic carbocycles. The molecule has 0 amide bonds. The molecule has 2 rings (SSSR count). The van der Waals surface area contributed by atoms with Gasteiger partial charge in [-0.3, -0.25) is 9.20 Å². The molecule has 0 saturated carbocycles. The van der Waals surface area contributed by atoms with E-state index in [1.165, 1.54) is 11.8 Å². The van der Waals surface area contributed by atoms with Gasteiger partial charge in [0.05, 0.1) is 11.4 Å². The van der Waals surface area contributed by atoms with E-state index < -0.39 is 5.60 Å². The summed E-state index contributed by atoms with van der Waals surface area (Å²) in [5, 5.41) is 2.77. The molecule has 104 valence electrons. The molecule has 0 fully saturated rings. The average molecular weight is 299 g/mol. The fraction of sp³-hybridized carbons (Fsp3) is 0.500. The number of thiazole rings is 1. The zero-order valence-corrected chi connectivity index (χ0v) is 12.8. The number of ether oxygens (including phenoxy) is 1. The Labute approximate surface area is 120 Å². The smallest absolute Gasteiger partial charge is 0.316 e. The summed E-state index contributed by atoms with van der Waals surface area (Å²) in [7, 11) is 0. The highest BCUT2D eigenvalue weighted by molar-refractivity contribution is 7.99. The molecule has 0 radical (unpaired) electrons. The third kappa shape index (κ3) is 3.49. The Bertz CT molecular complexity index is 583. The molecule has 2 N–H and O–H groups in total. The number of fused-ring (bicyclic) bond motifs is 1. The summed E-state index contributed by atoms with van der Waals surface area (Å²) in [5.74, 6) is 0.00609. The van der Waals surface area contributed by atoms with Gasteiger partial charge in [0.25, 0.3) is 0 Å². The van der Waals surface area contributed by atoms with Crippen molar-refractivity contribution >= 4 is 34.0 Å². The van der Waals surface area contributed by atoms with Crippen LogP contribution in [-0.4, -0.2) is 26.7 Å². The second kappa shape index (κ2) is 5.52. The molecule has 0 aliphatic carbocycles. The molecule has 2 aromatic rings. The van der Waals surface area contributed by atoms with Crippen LogP contribution in [0, 0.1) is 0 Å². The van der Waals surface area contributed by atoms with E-state index in [0.717, 1.165) is 15.7 Å². The number of carbonyl (C=O) groups is 1. The molecule has 0 bridgehead atoms. The fourth-order valence-electron chi connectivity index (χ4n) is 1.61. The predicted octanol–water partition coefficient (Wildman–Crippen LogP) is 2.29. The van der Waals surface area contributed by atoms with E-state index >= 15 is 0 Å². The van der Waals surface area contributed by atoms with Crippen LogP contribution in [0.5, 0.6) is 0 Å².